The zero-order valence-electron chi connectivity index (χ0n) is 23.9. The average molecular weight is 572 g/mol. The molecular formula is C32H37N5O5. The molecule has 2 aromatic carbocycles. The van der Waals surface area contributed by atoms with E-state index in [0.29, 0.717) is 38.0 Å². The summed E-state index contributed by atoms with van der Waals surface area (Å²) >= 11 is 0. The zero-order chi connectivity index (χ0) is 29.9. The van der Waals surface area contributed by atoms with Gasteiger partial charge in [0.1, 0.15) is 11.7 Å². The first-order valence-corrected chi connectivity index (χ1v) is 14.4. The molecule has 2 aliphatic rings. The van der Waals surface area contributed by atoms with Gasteiger partial charge < -0.3 is 25.8 Å². The van der Waals surface area contributed by atoms with Crippen LogP contribution in [0, 0.1) is 11.3 Å². The Kier molecular flexibility index (Phi) is 8.42. The van der Waals surface area contributed by atoms with Crippen LogP contribution in [0.3, 0.4) is 0 Å². The number of benzene rings is 2. The van der Waals surface area contributed by atoms with Gasteiger partial charge in [-0.05, 0) is 48.8 Å². The normalized spacial score (nSPS) is 20.5. The van der Waals surface area contributed by atoms with Crippen molar-refractivity contribution in [2.24, 2.45) is 11.3 Å². The lowest BCUT2D eigenvalue weighted by Crippen LogP contribution is -2.58. The number of carbonyl (C=O) groups excluding carboxylic acids is 5. The van der Waals surface area contributed by atoms with Crippen molar-refractivity contribution in [2.75, 3.05) is 13.1 Å². The molecule has 3 aromatic rings. The van der Waals surface area contributed by atoms with Gasteiger partial charge in [0.25, 0.3) is 11.8 Å². The summed E-state index contributed by atoms with van der Waals surface area (Å²) in [6.07, 6.45) is 1.60. The Morgan fingerprint density at radius 1 is 1.05 bits per heavy atom. The van der Waals surface area contributed by atoms with Crippen LogP contribution in [0.2, 0.25) is 0 Å². The van der Waals surface area contributed by atoms with Crippen LogP contribution in [0.1, 0.15) is 55.6 Å². The molecule has 220 valence electrons. The molecule has 42 heavy (non-hydrogen) atoms. The number of H-pyrrole nitrogens is 1. The molecule has 4 N–H and O–H groups in total. The van der Waals surface area contributed by atoms with Crippen LogP contribution >= 0.6 is 0 Å². The van der Waals surface area contributed by atoms with E-state index in [1.807, 2.05) is 68.4 Å². The topological polar surface area (TPSA) is 140 Å². The Labute approximate surface area is 244 Å². The van der Waals surface area contributed by atoms with E-state index in [0.717, 1.165) is 16.5 Å². The third-order valence-electron chi connectivity index (χ3n) is 8.31. The van der Waals surface area contributed by atoms with Crippen molar-refractivity contribution in [3.8, 4) is 0 Å². The van der Waals surface area contributed by atoms with Crippen LogP contribution in [0.4, 0.5) is 0 Å². The number of carbonyl (C=O) groups is 5. The molecule has 0 bridgehead atoms. The lowest BCUT2D eigenvalue weighted by molar-refractivity contribution is -0.141. The molecule has 0 radical (unpaired) electrons. The maximum absolute atomic E-state index is 13.9. The first kappa shape index (κ1) is 29.0. The summed E-state index contributed by atoms with van der Waals surface area (Å²) in [4.78, 5) is 71.0. The van der Waals surface area contributed by atoms with E-state index in [9.17, 15) is 24.0 Å². The van der Waals surface area contributed by atoms with Gasteiger partial charge in [-0.25, -0.2) is 0 Å². The summed E-state index contributed by atoms with van der Waals surface area (Å²) in [5.74, 6) is -3.19. The molecule has 0 spiro atoms. The summed E-state index contributed by atoms with van der Waals surface area (Å²) in [5.41, 5.74) is 1.80. The number of nitrogens with one attached hydrogen (secondary N) is 4. The molecule has 0 unspecified atom stereocenters. The van der Waals surface area contributed by atoms with E-state index >= 15 is 0 Å². The Hall–Kier alpha value is -4.47. The molecule has 0 aliphatic carbocycles. The first-order chi connectivity index (χ1) is 20.1. The lowest BCUT2D eigenvalue weighted by atomic mass is 9.78. The van der Waals surface area contributed by atoms with Crippen molar-refractivity contribution in [3.05, 3.63) is 71.9 Å². The standard InChI is InChI=1S/C32H37N5O5/c1-32(2)13-15-37(31(42)25-16-21-10-6-7-11-23(21)35-25)26(18-32)29(40)36-24(17-22-12-14-33-28(22)39)27(38)30(41)34-19-20-8-4-3-5-9-20/h3-11,16,22,24,26,35H,12-15,17-19H2,1-2H3,(H,33,39)(H,34,41)(H,36,40)/t22-,24-,26-/m0/s1. The minimum Gasteiger partial charge on any atom is -0.356 e. The maximum atomic E-state index is 13.9. The minimum absolute atomic E-state index is 0.00123. The van der Waals surface area contributed by atoms with Crippen LogP contribution in [-0.4, -0.2) is 64.5 Å². The molecule has 1 aromatic heterocycles. The van der Waals surface area contributed by atoms with Crippen molar-refractivity contribution in [1.29, 1.82) is 0 Å². The van der Waals surface area contributed by atoms with Gasteiger partial charge in [-0.1, -0.05) is 62.4 Å². The van der Waals surface area contributed by atoms with Crippen LogP contribution < -0.4 is 16.0 Å². The number of amides is 4. The Bertz CT molecular complexity index is 1460. The van der Waals surface area contributed by atoms with Gasteiger partial charge in [0.2, 0.25) is 17.6 Å². The van der Waals surface area contributed by atoms with E-state index in [1.54, 1.807) is 11.0 Å². The summed E-state index contributed by atoms with van der Waals surface area (Å²) in [6.45, 7) is 5.07. The second-order valence-electron chi connectivity index (χ2n) is 12.0. The highest BCUT2D eigenvalue weighted by atomic mass is 16.2. The Morgan fingerprint density at radius 2 is 1.79 bits per heavy atom. The van der Waals surface area contributed by atoms with Crippen molar-refractivity contribution in [3.63, 3.8) is 0 Å². The highest BCUT2D eigenvalue weighted by Gasteiger charge is 2.42. The number of ketones is 1. The van der Waals surface area contributed by atoms with E-state index < -0.39 is 35.6 Å². The number of hydrogen-bond acceptors (Lipinski definition) is 5. The van der Waals surface area contributed by atoms with E-state index in [1.165, 1.54) is 0 Å². The number of aromatic nitrogens is 1. The maximum Gasteiger partial charge on any atom is 0.289 e. The van der Waals surface area contributed by atoms with Crippen molar-refractivity contribution >= 4 is 40.3 Å². The van der Waals surface area contributed by atoms with Crippen molar-refractivity contribution in [1.82, 2.24) is 25.8 Å². The number of Topliss-reactive ketones (excluding diaryl/α,β-unsaturated/α-hetero) is 1. The Balaban J connectivity index is 1.35. The van der Waals surface area contributed by atoms with Crippen LogP contribution in [0.25, 0.3) is 10.9 Å². The smallest absolute Gasteiger partial charge is 0.289 e. The highest BCUT2D eigenvalue weighted by molar-refractivity contribution is 6.38. The van der Waals surface area contributed by atoms with E-state index in [-0.39, 0.29) is 30.2 Å². The fourth-order valence-electron chi connectivity index (χ4n) is 5.81. The predicted octanol–water partition coefficient (Wildman–Crippen LogP) is 2.70. The molecule has 0 saturated carbocycles. The number of fused-ring (bicyclic) bond motifs is 1. The number of rotatable bonds is 9. The molecular weight excluding hydrogens is 534 g/mol. The van der Waals surface area contributed by atoms with E-state index in [4.69, 9.17) is 0 Å². The summed E-state index contributed by atoms with van der Waals surface area (Å²) in [5, 5.41) is 9.05. The fraction of sp³-hybridized carbons (Fsp3) is 0.406. The number of nitrogens with zero attached hydrogens (tertiary/aromatic N) is 1. The number of para-hydroxylation sites is 1. The van der Waals surface area contributed by atoms with Gasteiger partial charge >= 0.3 is 0 Å². The van der Waals surface area contributed by atoms with Crippen LogP contribution in [-0.2, 0) is 25.7 Å². The monoisotopic (exact) mass is 571 g/mol. The number of aromatic amines is 1. The number of piperidine rings is 1. The molecule has 3 atom stereocenters. The molecule has 2 saturated heterocycles. The molecule has 10 nitrogen and oxygen atoms in total. The molecule has 2 fully saturated rings. The van der Waals surface area contributed by atoms with Gasteiger partial charge in [0.15, 0.2) is 0 Å². The van der Waals surface area contributed by atoms with Gasteiger partial charge in [0, 0.05) is 36.5 Å². The van der Waals surface area contributed by atoms with Gasteiger partial charge in [-0.2, -0.15) is 0 Å². The van der Waals surface area contributed by atoms with Crippen LogP contribution in [0.5, 0.6) is 0 Å². The Morgan fingerprint density at radius 3 is 2.50 bits per heavy atom. The average Bonchev–Trinajstić information content (AvgIpc) is 3.60. The SMILES string of the molecule is CC1(C)CCN(C(=O)c2cc3ccccc3[nH]2)[C@H](C(=O)N[C@@H](C[C@@H]2CCNC2=O)C(=O)C(=O)NCc2ccccc2)C1. The quantitative estimate of drug-likeness (QED) is 0.293. The lowest BCUT2D eigenvalue weighted by Gasteiger charge is -2.42. The third-order valence-corrected chi connectivity index (χ3v) is 8.31. The zero-order valence-corrected chi connectivity index (χ0v) is 23.9. The van der Waals surface area contributed by atoms with Crippen molar-refractivity contribution < 1.29 is 24.0 Å². The number of likely N-dealkylation sites (tertiary alicyclic amines) is 1. The molecule has 4 amide bonds. The third kappa shape index (κ3) is 6.53. The summed E-state index contributed by atoms with van der Waals surface area (Å²) < 4.78 is 0. The first-order valence-electron chi connectivity index (χ1n) is 14.4. The molecule has 3 heterocycles. The van der Waals surface area contributed by atoms with E-state index in [2.05, 4.69) is 20.9 Å². The second kappa shape index (κ2) is 12.2. The largest absolute Gasteiger partial charge is 0.356 e. The van der Waals surface area contributed by atoms with Gasteiger partial charge in [-0.15, -0.1) is 0 Å². The molecule has 10 heteroatoms. The highest BCUT2D eigenvalue weighted by Crippen LogP contribution is 2.35. The second-order valence-corrected chi connectivity index (χ2v) is 12.0. The summed E-state index contributed by atoms with van der Waals surface area (Å²) in [7, 11) is 0. The molecule has 2 aliphatic heterocycles. The summed E-state index contributed by atoms with van der Waals surface area (Å²) in [6, 6.07) is 16.4. The van der Waals surface area contributed by atoms with Crippen molar-refractivity contribution in [2.45, 2.75) is 58.2 Å². The van der Waals surface area contributed by atoms with Gasteiger partial charge in [0.05, 0.1) is 6.04 Å². The van der Waals surface area contributed by atoms with Crippen LogP contribution in [0.15, 0.2) is 60.7 Å². The van der Waals surface area contributed by atoms with Gasteiger partial charge in [-0.3, -0.25) is 24.0 Å². The number of hydrogen-bond donors (Lipinski definition) is 4. The minimum atomic E-state index is -1.21. The fourth-order valence-corrected chi connectivity index (χ4v) is 5.81. The predicted molar refractivity (Wildman–Crippen MR) is 157 cm³/mol. The molecule has 5 rings (SSSR count).